The fraction of sp³-hybridized carbons (Fsp3) is 0.333. The molecular weight excluding hydrogens is 319 g/mol. The lowest BCUT2D eigenvalue weighted by molar-refractivity contribution is -0.140. The molecule has 3 N–H and O–H groups in total. The summed E-state index contributed by atoms with van der Waals surface area (Å²) in [5.74, 6) is -1.89. The summed E-state index contributed by atoms with van der Waals surface area (Å²) in [5, 5.41) is 13.7. The van der Waals surface area contributed by atoms with Gasteiger partial charge in [0.15, 0.2) is 0 Å². The third kappa shape index (κ3) is 4.51. The Kier molecular flexibility index (Phi) is 5.29. The Morgan fingerprint density at radius 2 is 2.00 bits per heavy atom. The van der Waals surface area contributed by atoms with Crippen molar-refractivity contribution in [2.24, 2.45) is 5.92 Å². The van der Waals surface area contributed by atoms with E-state index in [9.17, 15) is 14.0 Å². The largest absolute Gasteiger partial charge is 0.480 e. The Morgan fingerprint density at radius 1 is 1.37 bits per heavy atom. The topological polar surface area (TPSA) is 78.4 Å². The molecule has 19 heavy (non-hydrogen) atoms. The van der Waals surface area contributed by atoms with Crippen LogP contribution in [0, 0.1) is 11.7 Å². The number of carboxylic acids is 1. The van der Waals surface area contributed by atoms with E-state index < -0.39 is 23.9 Å². The lowest BCUT2D eigenvalue weighted by Gasteiger charge is -2.18. The Hall–Kier alpha value is -1.63. The van der Waals surface area contributed by atoms with Gasteiger partial charge in [0.1, 0.15) is 11.9 Å². The number of hydrogen-bond acceptors (Lipinski definition) is 2. The van der Waals surface area contributed by atoms with E-state index >= 15 is 0 Å². The van der Waals surface area contributed by atoms with E-state index in [2.05, 4.69) is 26.6 Å². The molecule has 0 aromatic heterocycles. The molecule has 1 atom stereocenters. The van der Waals surface area contributed by atoms with Crippen LogP contribution in [0.3, 0.4) is 0 Å². The first kappa shape index (κ1) is 15.4. The molecule has 0 spiro atoms. The summed E-state index contributed by atoms with van der Waals surface area (Å²) < 4.78 is 13.5. The molecule has 5 nitrogen and oxygen atoms in total. The molecule has 0 aliphatic carbocycles. The zero-order valence-electron chi connectivity index (χ0n) is 10.4. The molecule has 7 heteroatoms. The Morgan fingerprint density at radius 3 is 2.53 bits per heavy atom. The molecule has 0 heterocycles. The van der Waals surface area contributed by atoms with Gasteiger partial charge in [0.05, 0.1) is 5.69 Å². The summed E-state index contributed by atoms with van der Waals surface area (Å²) in [6.07, 6.45) is 0. The fourth-order valence-electron chi connectivity index (χ4n) is 1.41. The van der Waals surface area contributed by atoms with Gasteiger partial charge in [-0.15, -0.1) is 0 Å². The zero-order valence-corrected chi connectivity index (χ0v) is 12.0. The summed E-state index contributed by atoms with van der Waals surface area (Å²) in [5.41, 5.74) is 0.227. The summed E-state index contributed by atoms with van der Waals surface area (Å²) in [6, 6.07) is 2.11. The zero-order chi connectivity index (χ0) is 14.6. The molecule has 0 saturated carbocycles. The summed E-state index contributed by atoms with van der Waals surface area (Å²) in [6.45, 7) is 3.36. The molecule has 0 fully saturated rings. The summed E-state index contributed by atoms with van der Waals surface area (Å²) >= 11 is 3.16. The summed E-state index contributed by atoms with van der Waals surface area (Å²) in [4.78, 5) is 22.6. The molecule has 0 saturated heterocycles. The second-order valence-electron chi connectivity index (χ2n) is 4.28. The third-order valence-electron chi connectivity index (χ3n) is 2.40. The van der Waals surface area contributed by atoms with E-state index in [1.54, 1.807) is 13.8 Å². The number of carboxylic acid groups (broad SMARTS) is 1. The van der Waals surface area contributed by atoms with Crippen molar-refractivity contribution in [3.8, 4) is 0 Å². The SMILES string of the molecule is CC(C)[C@@H](NC(=O)Nc1cc(F)ccc1Br)C(=O)O. The first-order valence-corrected chi connectivity index (χ1v) is 6.36. The van der Waals surface area contributed by atoms with Crippen LogP contribution in [0.1, 0.15) is 13.8 Å². The van der Waals surface area contributed by atoms with Crippen LogP contribution in [-0.2, 0) is 4.79 Å². The van der Waals surface area contributed by atoms with Gasteiger partial charge < -0.3 is 15.7 Å². The summed E-state index contributed by atoms with van der Waals surface area (Å²) in [7, 11) is 0. The molecule has 0 aliphatic rings. The van der Waals surface area contributed by atoms with E-state index in [0.29, 0.717) is 4.47 Å². The molecule has 2 amide bonds. The van der Waals surface area contributed by atoms with Crippen LogP contribution in [0.25, 0.3) is 0 Å². The maximum absolute atomic E-state index is 13.0. The first-order valence-electron chi connectivity index (χ1n) is 5.56. The number of nitrogens with one attached hydrogen (secondary N) is 2. The highest BCUT2D eigenvalue weighted by atomic mass is 79.9. The predicted octanol–water partition coefficient (Wildman–Crippen LogP) is 2.82. The van der Waals surface area contributed by atoms with E-state index in [1.165, 1.54) is 12.1 Å². The Bertz CT molecular complexity index is 494. The molecule has 0 unspecified atom stereocenters. The van der Waals surface area contributed by atoms with Gasteiger partial charge in [-0.3, -0.25) is 0 Å². The van der Waals surface area contributed by atoms with Gasteiger partial charge in [-0.25, -0.2) is 14.0 Å². The molecule has 1 aromatic carbocycles. The number of amides is 2. The monoisotopic (exact) mass is 332 g/mol. The van der Waals surface area contributed by atoms with Crippen LogP contribution in [0.2, 0.25) is 0 Å². The van der Waals surface area contributed by atoms with Gasteiger partial charge >= 0.3 is 12.0 Å². The molecule has 1 rings (SSSR count). The molecule has 1 aromatic rings. The number of hydrogen-bond donors (Lipinski definition) is 3. The highest BCUT2D eigenvalue weighted by molar-refractivity contribution is 9.10. The van der Waals surface area contributed by atoms with E-state index in [0.717, 1.165) is 6.07 Å². The molecule has 0 radical (unpaired) electrons. The number of halogens is 2. The number of anilines is 1. The molecule has 104 valence electrons. The number of aliphatic carboxylic acids is 1. The highest BCUT2D eigenvalue weighted by Gasteiger charge is 2.23. The normalized spacial score (nSPS) is 12.1. The van der Waals surface area contributed by atoms with Crippen molar-refractivity contribution in [2.45, 2.75) is 19.9 Å². The average molecular weight is 333 g/mol. The number of rotatable bonds is 4. The van der Waals surface area contributed by atoms with Crippen molar-refractivity contribution in [3.05, 3.63) is 28.5 Å². The molecular formula is C12H14BrFN2O3. The lowest BCUT2D eigenvalue weighted by atomic mass is 10.1. The molecule has 0 bridgehead atoms. The van der Waals surface area contributed by atoms with Gasteiger partial charge in [0, 0.05) is 4.47 Å². The minimum absolute atomic E-state index is 0.227. The maximum atomic E-state index is 13.0. The van der Waals surface area contributed by atoms with Gasteiger partial charge in [-0.1, -0.05) is 13.8 Å². The number of benzene rings is 1. The predicted molar refractivity (Wildman–Crippen MR) is 72.5 cm³/mol. The number of urea groups is 1. The lowest BCUT2D eigenvalue weighted by Crippen LogP contribution is -2.46. The van der Waals surface area contributed by atoms with Crippen LogP contribution in [-0.4, -0.2) is 23.1 Å². The first-order chi connectivity index (χ1) is 8.81. The van der Waals surface area contributed by atoms with E-state index in [4.69, 9.17) is 5.11 Å². The highest BCUT2D eigenvalue weighted by Crippen LogP contribution is 2.22. The number of carbonyl (C=O) groups is 2. The minimum atomic E-state index is -1.12. The number of carbonyl (C=O) groups excluding carboxylic acids is 1. The van der Waals surface area contributed by atoms with E-state index in [-0.39, 0.29) is 11.6 Å². The smallest absolute Gasteiger partial charge is 0.326 e. The standard InChI is InChI=1S/C12H14BrFN2O3/c1-6(2)10(11(17)18)16-12(19)15-9-5-7(14)3-4-8(9)13/h3-6,10H,1-2H3,(H,17,18)(H2,15,16,19)/t10-/m1/s1. The van der Waals surface area contributed by atoms with Crippen molar-refractivity contribution in [1.29, 1.82) is 0 Å². The van der Waals surface area contributed by atoms with Crippen LogP contribution in [0.4, 0.5) is 14.9 Å². The Balaban J connectivity index is 2.74. The van der Waals surface area contributed by atoms with E-state index in [1.807, 2.05) is 0 Å². The third-order valence-corrected chi connectivity index (χ3v) is 3.09. The quantitative estimate of drug-likeness (QED) is 0.793. The van der Waals surface area contributed by atoms with Gasteiger partial charge in [0.2, 0.25) is 0 Å². The Labute approximate surface area is 118 Å². The van der Waals surface area contributed by atoms with Gasteiger partial charge in [-0.05, 0) is 40.0 Å². The second-order valence-corrected chi connectivity index (χ2v) is 5.14. The minimum Gasteiger partial charge on any atom is -0.480 e. The van der Waals surface area contributed by atoms with Crippen molar-refractivity contribution in [2.75, 3.05) is 5.32 Å². The molecule has 0 aliphatic heterocycles. The van der Waals surface area contributed by atoms with Crippen LogP contribution >= 0.6 is 15.9 Å². The van der Waals surface area contributed by atoms with Gasteiger partial charge in [0.25, 0.3) is 0 Å². The van der Waals surface area contributed by atoms with Crippen molar-refractivity contribution in [3.63, 3.8) is 0 Å². The van der Waals surface area contributed by atoms with Crippen molar-refractivity contribution in [1.82, 2.24) is 5.32 Å². The van der Waals surface area contributed by atoms with Crippen molar-refractivity contribution < 1.29 is 19.1 Å². The average Bonchev–Trinajstić information content (AvgIpc) is 2.30. The van der Waals surface area contributed by atoms with Crippen molar-refractivity contribution >= 4 is 33.6 Å². The van der Waals surface area contributed by atoms with Crippen LogP contribution < -0.4 is 10.6 Å². The second kappa shape index (κ2) is 6.51. The van der Waals surface area contributed by atoms with Crippen LogP contribution in [0.5, 0.6) is 0 Å². The maximum Gasteiger partial charge on any atom is 0.326 e. The fourth-order valence-corrected chi connectivity index (χ4v) is 1.75. The van der Waals surface area contributed by atoms with Crippen LogP contribution in [0.15, 0.2) is 22.7 Å². The van der Waals surface area contributed by atoms with Gasteiger partial charge in [-0.2, -0.15) is 0 Å².